The Bertz CT molecular complexity index is 1000. The normalized spacial score (nSPS) is 13.6. The average Bonchev–Trinajstić information content (AvgIpc) is 3.00. The lowest BCUT2D eigenvalue weighted by Crippen LogP contribution is -2.35. The fraction of sp³-hybridized carbons (Fsp3) is 0.158. The summed E-state index contributed by atoms with van der Waals surface area (Å²) in [5.41, 5.74) is 4.55. The highest BCUT2D eigenvalue weighted by Gasteiger charge is 2.25. The van der Waals surface area contributed by atoms with Gasteiger partial charge in [-0.3, -0.25) is 4.79 Å². The summed E-state index contributed by atoms with van der Waals surface area (Å²) in [7, 11) is 0. The maximum atomic E-state index is 12.8. The van der Waals surface area contributed by atoms with Gasteiger partial charge in [-0.25, -0.2) is 0 Å². The molecule has 0 fully saturated rings. The van der Waals surface area contributed by atoms with Crippen LogP contribution in [0.5, 0.6) is 0 Å². The number of hydrogen-bond acceptors (Lipinski definition) is 2. The van der Waals surface area contributed by atoms with Crippen LogP contribution in [-0.2, 0) is 13.0 Å². The molecule has 1 aromatic heterocycles. The zero-order valence-electron chi connectivity index (χ0n) is 12.8. The van der Waals surface area contributed by atoms with E-state index in [1.807, 2.05) is 17.0 Å². The van der Waals surface area contributed by atoms with E-state index in [4.69, 9.17) is 5.26 Å². The Labute approximate surface area is 147 Å². The van der Waals surface area contributed by atoms with E-state index in [9.17, 15) is 4.79 Å². The van der Waals surface area contributed by atoms with Crippen molar-refractivity contribution in [2.75, 3.05) is 6.54 Å². The van der Waals surface area contributed by atoms with Crippen LogP contribution < -0.4 is 0 Å². The minimum atomic E-state index is -0.0258. The molecule has 1 aliphatic rings. The van der Waals surface area contributed by atoms with Crippen LogP contribution in [0.4, 0.5) is 0 Å². The van der Waals surface area contributed by atoms with Crippen LogP contribution in [-0.4, -0.2) is 22.3 Å². The number of carbonyl (C=O) groups excluding carboxylic acids is 1. The molecule has 0 saturated carbocycles. The lowest BCUT2D eigenvalue weighted by Gasteiger charge is -2.27. The van der Waals surface area contributed by atoms with Gasteiger partial charge in [0.1, 0.15) is 0 Å². The van der Waals surface area contributed by atoms with Gasteiger partial charge in [-0.1, -0.05) is 18.2 Å². The molecular weight excluding hydrogens is 366 g/mol. The van der Waals surface area contributed by atoms with E-state index in [1.165, 1.54) is 11.3 Å². The Morgan fingerprint density at radius 1 is 1.25 bits per heavy atom. The van der Waals surface area contributed by atoms with Crippen LogP contribution in [0.25, 0.3) is 10.9 Å². The number of aromatic amines is 1. The number of aromatic nitrogens is 1. The van der Waals surface area contributed by atoms with Crippen molar-refractivity contribution >= 4 is 32.7 Å². The number of para-hydroxylation sites is 1. The summed E-state index contributed by atoms with van der Waals surface area (Å²) in [6.07, 6.45) is 0.806. The highest BCUT2D eigenvalue weighted by Crippen LogP contribution is 2.32. The Morgan fingerprint density at radius 3 is 2.92 bits per heavy atom. The molecule has 4 rings (SSSR count). The van der Waals surface area contributed by atoms with Gasteiger partial charge in [0.05, 0.1) is 17.1 Å². The molecule has 2 aromatic carbocycles. The molecule has 0 unspecified atom stereocenters. The number of rotatable bonds is 1. The molecule has 1 N–H and O–H groups in total. The van der Waals surface area contributed by atoms with Crippen LogP contribution >= 0.6 is 15.9 Å². The minimum Gasteiger partial charge on any atom is -0.357 e. The van der Waals surface area contributed by atoms with Crippen molar-refractivity contribution in [2.24, 2.45) is 0 Å². The Balaban J connectivity index is 1.69. The predicted molar refractivity (Wildman–Crippen MR) is 95.6 cm³/mol. The van der Waals surface area contributed by atoms with Gasteiger partial charge >= 0.3 is 0 Å². The number of nitrogens with one attached hydrogen (secondary N) is 1. The van der Waals surface area contributed by atoms with Crippen molar-refractivity contribution in [2.45, 2.75) is 13.0 Å². The molecule has 0 atom stereocenters. The fourth-order valence-electron chi connectivity index (χ4n) is 3.28. The lowest BCUT2D eigenvalue weighted by molar-refractivity contribution is 0.0735. The zero-order valence-corrected chi connectivity index (χ0v) is 14.4. The maximum Gasteiger partial charge on any atom is 0.254 e. The minimum absolute atomic E-state index is 0.0258. The van der Waals surface area contributed by atoms with Gasteiger partial charge in [-0.15, -0.1) is 0 Å². The number of carbonyl (C=O) groups is 1. The van der Waals surface area contributed by atoms with E-state index in [1.54, 1.807) is 24.3 Å². The number of fused-ring (bicyclic) bond motifs is 3. The van der Waals surface area contributed by atoms with Gasteiger partial charge in [0.2, 0.25) is 0 Å². The smallest absolute Gasteiger partial charge is 0.254 e. The summed E-state index contributed by atoms with van der Waals surface area (Å²) in [4.78, 5) is 18.1. The van der Waals surface area contributed by atoms with Crippen LogP contribution in [0, 0.1) is 11.3 Å². The summed E-state index contributed by atoms with van der Waals surface area (Å²) < 4.78 is 1.04. The van der Waals surface area contributed by atoms with Crippen molar-refractivity contribution in [3.8, 4) is 6.07 Å². The molecule has 1 aliphatic heterocycles. The van der Waals surface area contributed by atoms with Gasteiger partial charge in [0.15, 0.2) is 0 Å². The van der Waals surface area contributed by atoms with Crippen LogP contribution in [0.2, 0.25) is 0 Å². The quantitative estimate of drug-likeness (QED) is 0.694. The summed E-state index contributed by atoms with van der Waals surface area (Å²) >= 11 is 3.58. The Kier molecular flexibility index (Phi) is 3.62. The SMILES string of the molecule is N#Cc1cccc(C(=O)N2CCc3[nH]c4c(Br)cccc4c3C2)c1. The summed E-state index contributed by atoms with van der Waals surface area (Å²) in [5, 5.41) is 10.2. The van der Waals surface area contributed by atoms with E-state index in [0.29, 0.717) is 24.2 Å². The van der Waals surface area contributed by atoms with E-state index in [2.05, 4.69) is 33.0 Å². The number of amides is 1. The number of nitriles is 1. The summed E-state index contributed by atoms with van der Waals surface area (Å²) in [6, 6.07) is 15.1. The third-order valence-electron chi connectivity index (χ3n) is 4.49. The first-order valence-electron chi connectivity index (χ1n) is 7.75. The van der Waals surface area contributed by atoms with E-state index in [-0.39, 0.29) is 5.91 Å². The molecule has 3 aromatic rings. The van der Waals surface area contributed by atoms with Crippen molar-refractivity contribution in [3.05, 3.63) is 69.3 Å². The highest BCUT2D eigenvalue weighted by molar-refractivity contribution is 9.10. The second-order valence-corrected chi connectivity index (χ2v) is 6.77. The number of benzene rings is 2. The average molecular weight is 380 g/mol. The molecule has 0 aliphatic carbocycles. The van der Waals surface area contributed by atoms with Gasteiger partial charge in [0.25, 0.3) is 5.91 Å². The molecule has 0 radical (unpaired) electrons. The molecule has 2 heterocycles. The summed E-state index contributed by atoms with van der Waals surface area (Å²) in [5.74, 6) is -0.0258. The third kappa shape index (κ3) is 2.40. The van der Waals surface area contributed by atoms with Crippen molar-refractivity contribution < 1.29 is 4.79 Å². The van der Waals surface area contributed by atoms with E-state index < -0.39 is 0 Å². The molecule has 0 spiro atoms. The van der Waals surface area contributed by atoms with Crippen molar-refractivity contribution in [1.82, 2.24) is 9.88 Å². The van der Waals surface area contributed by atoms with Gasteiger partial charge < -0.3 is 9.88 Å². The molecule has 24 heavy (non-hydrogen) atoms. The second-order valence-electron chi connectivity index (χ2n) is 5.91. The lowest BCUT2D eigenvalue weighted by atomic mass is 10.0. The van der Waals surface area contributed by atoms with Crippen molar-refractivity contribution in [3.63, 3.8) is 0 Å². The van der Waals surface area contributed by atoms with Crippen LogP contribution in [0.15, 0.2) is 46.9 Å². The first-order valence-corrected chi connectivity index (χ1v) is 8.54. The second kappa shape index (κ2) is 5.81. The molecular formula is C19H14BrN3O. The van der Waals surface area contributed by atoms with Crippen LogP contribution in [0.3, 0.4) is 0 Å². The fourth-order valence-corrected chi connectivity index (χ4v) is 3.75. The molecule has 118 valence electrons. The zero-order chi connectivity index (χ0) is 16.7. The van der Waals surface area contributed by atoms with E-state index in [0.717, 1.165) is 21.8 Å². The molecule has 5 heteroatoms. The third-order valence-corrected chi connectivity index (χ3v) is 5.15. The Hall–Kier alpha value is -2.58. The monoisotopic (exact) mass is 379 g/mol. The first-order chi connectivity index (χ1) is 11.7. The van der Waals surface area contributed by atoms with Crippen LogP contribution in [0.1, 0.15) is 27.2 Å². The van der Waals surface area contributed by atoms with Gasteiger partial charge in [-0.2, -0.15) is 5.26 Å². The largest absolute Gasteiger partial charge is 0.357 e. The number of H-pyrrole nitrogens is 1. The topological polar surface area (TPSA) is 59.9 Å². The molecule has 0 bridgehead atoms. The van der Waals surface area contributed by atoms with E-state index >= 15 is 0 Å². The van der Waals surface area contributed by atoms with Gasteiger partial charge in [-0.05, 0) is 40.2 Å². The molecule has 1 amide bonds. The predicted octanol–water partition coefficient (Wildman–Crippen LogP) is 4.00. The molecule has 0 saturated heterocycles. The molecule has 4 nitrogen and oxygen atoms in total. The number of hydrogen-bond donors (Lipinski definition) is 1. The maximum absolute atomic E-state index is 12.8. The van der Waals surface area contributed by atoms with Gasteiger partial charge in [0, 0.05) is 46.2 Å². The summed E-state index contributed by atoms with van der Waals surface area (Å²) in [6.45, 7) is 1.26. The Morgan fingerprint density at radius 2 is 2.08 bits per heavy atom. The number of halogens is 1. The number of nitrogens with zero attached hydrogens (tertiary/aromatic N) is 2. The van der Waals surface area contributed by atoms with Crippen molar-refractivity contribution in [1.29, 1.82) is 5.26 Å². The standard InChI is InChI=1S/C19H14BrN3O/c20-16-6-2-5-14-15-11-23(8-7-17(15)22-18(14)16)19(24)13-4-1-3-12(9-13)10-21/h1-6,9,22H,7-8,11H2. The highest BCUT2D eigenvalue weighted by atomic mass is 79.9. The first kappa shape index (κ1) is 15.0.